The van der Waals surface area contributed by atoms with E-state index in [1.54, 1.807) is 36.6 Å². The summed E-state index contributed by atoms with van der Waals surface area (Å²) >= 11 is 0. The molecule has 0 fully saturated rings. The van der Waals surface area contributed by atoms with Crippen LogP contribution in [0.25, 0.3) is 28.0 Å². The third-order valence-corrected chi connectivity index (χ3v) is 8.02. The van der Waals surface area contributed by atoms with Crippen molar-refractivity contribution in [1.29, 1.82) is 0 Å². The van der Waals surface area contributed by atoms with Crippen molar-refractivity contribution >= 4 is 33.8 Å². The SMILES string of the molecule is C1=COc2ccccc2C1.C1=Cc2ccccc2OC1.O=C1CCOc2ccccc21.O=c1ccc2ccccc2o1.O=c1ccoc2ccccc12. The predicted molar refractivity (Wildman–Crippen MR) is 207 cm³/mol. The van der Waals surface area contributed by atoms with E-state index in [2.05, 4.69) is 12.1 Å². The van der Waals surface area contributed by atoms with E-state index in [4.69, 9.17) is 23.0 Å². The number of allylic oxidation sites excluding steroid dienone is 1. The van der Waals surface area contributed by atoms with Gasteiger partial charge in [0.05, 0.1) is 30.1 Å². The van der Waals surface area contributed by atoms with Gasteiger partial charge in [-0.2, -0.15) is 0 Å². The molecule has 8 nitrogen and oxygen atoms in total. The first-order chi connectivity index (χ1) is 26.0. The van der Waals surface area contributed by atoms with E-state index >= 15 is 0 Å². The molecular formula is C45H36O8. The topological polar surface area (TPSA) is 105 Å². The average molecular weight is 705 g/mol. The van der Waals surface area contributed by atoms with Gasteiger partial charge < -0.3 is 23.0 Å². The van der Waals surface area contributed by atoms with Gasteiger partial charge in [-0.1, -0.05) is 84.9 Å². The van der Waals surface area contributed by atoms with Crippen LogP contribution in [0.5, 0.6) is 17.2 Å². The highest BCUT2D eigenvalue weighted by Gasteiger charge is 2.16. The van der Waals surface area contributed by atoms with Crippen molar-refractivity contribution in [3.63, 3.8) is 0 Å². The number of para-hydroxylation sites is 5. The molecule has 0 N–H and O–H groups in total. The van der Waals surface area contributed by atoms with Crippen LogP contribution in [0.3, 0.4) is 0 Å². The van der Waals surface area contributed by atoms with E-state index in [0.717, 1.165) is 34.6 Å². The fourth-order valence-corrected chi connectivity index (χ4v) is 5.40. The van der Waals surface area contributed by atoms with E-state index in [9.17, 15) is 14.4 Å². The third-order valence-electron chi connectivity index (χ3n) is 8.02. The maximum absolute atomic E-state index is 11.2. The third kappa shape index (κ3) is 10.1. The highest BCUT2D eigenvalue weighted by Crippen LogP contribution is 2.24. The summed E-state index contributed by atoms with van der Waals surface area (Å²) in [6.45, 7) is 1.23. The van der Waals surface area contributed by atoms with Gasteiger partial charge in [0.25, 0.3) is 0 Å². The molecule has 0 saturated carbocycles. The summed E-state index contributed by atoms with van der Waals surface area (Å²) in [6.07, 6.45) is 10.8. The van der Waals surface area contributed by atoms with Gasteiger partial charge in [-0.3, -0.25) is 9.59 Å². The molecule has 0 amide bonds. The quantitative estimate of drug-likeness (QED) is 0.144. The lowest BCUT2D eigenvalue weighted by atomic mass is 10.1. The van der Waals surface area contributed by atoms with Crippen molar-refractivity contribution in [2.45, 2.75) is 12.8 Å². The molecule has 0 aliphatic carbocycles. The Labute approximate surface area is 305 Å². The van der Waals surface area contributed by atoms with Gasteiger partial charge in [0.15, 0.2) is 11.2 Å². The summed E-state index contributed by atoms with van der Waals surface area (Å²) in [5.74, 6) is 2.89. The van der Waals surface area contributed by atoms with E-state index < -0.39 is 0 Å². The molecule has 7 aromatic rings. The van der Waals surface area contributed by atoms with Crippen LogP contribution in [0.4, 0.5) is 0 Å². The molecule has 5 aromatic carbocycles. The highest BCUT2D eigenvalue weighted by atomic mass is 16.5. The van der Waals surface area contributed by atoms with Crippen molar-refractivity contribution in [2.24, 2.45) is 0 Å². The number of carbonyl (C=O) groups is 1. The molecule has 3 aliphatic rings. The normalized spacial score (nSPS) is 12.7. The van der Waals surface area contributed by atoms with Crippen molar-refractivity contribution in [3.8, 4) is 17.2 Å². The van der Waals surface area contributed by atoms with E-state index in [-0.39, 0.29) is 16.8 Å². The van der Waals surface area contributed by atoms with Crippen molar-refractivity contribution in [3.05, 3.63) is 202 Å². The monoisotopic (exact) mass is 704 g/mol. The number of ketones is 1. The molecule has 0 unspecified atom stereocenters. The molecule has 264 valence electrons. The minimum absolute atomic E-state index is 0.00634. The number of rotatable bonds is 0. The molecule has 2 aromatic heterocycles. The lowest BCUT2D eigenvalue weighted by molar-refractivity contribution is 0.0933. The molecule has 0 atom stereocenters. The van der Waals surface area contributed by atoms with Crippen LogP contribution in [0.15, 0.2) is 183 Å². The number of ether oxygens (including phenoxy) is 3. The molecule has 5 heterocycles. The maximum atomic E-state index is 11.2. The zero-order valence-corrected chi connectivity index (χ0v) is 28.8. The van der Waals surface area contributed by atoms with Crippen LogP contribution in [0.2, 0.25) is 0 Å². The molecule has 10 rings (SSSR count). The van der Waals surface area contributed by atoms with Crippen LogP contribution >= 0.6 is 0 Å². The molecule has 53 heavy (non-hydrogen) atoms. The second kappa shape index (κ2) is 18.3. The van der Waals surface area contributed by atoms with Gasteiger partial charge in [-0.05, 0) is 72.7 Å². The summed E-state index contributed by atoms with van der Waals surface area (Å²) < 4.78 is 25.9. The Balaban J connectivity index is 0.000000113. The zero-order valence-electron chi connectivity index (χ0n) is 28.8. The lowest BCUT2D eigenvalue weighted by Crippen LogP contribution is -2.14. The number of carbonyl (C=O) groups excluding carboxylic acids is 1. The first-order valence-electron chi connectivity index (χ1n) is 17.0. The van der Waals surface area contributed by atoms with Gasteiger partial charge in [-0.15, -0.1) is 0 Å². The predicted octanol–water partition coefficient (Wildman–Crippen LogP) is 9.47. The molecule has 3 aliphatic heterocycles. The van der Waals surface area contributed by atoms with Crippen molar-refractivity contribution in [1.82, 2.24) is 0 Å². The van der Waals surface area contributed by atoms with Gasteiger partial charge in [-0.25, -0.2) is 4.79 Å². The fraction of sp³-hybridized carbons (Fsp3) is 0.0889. The smallest absolute Gasteiger partial charge is 0.336 e. The van der Waals surface area contributed by atoms with E-state index in [0.29, 0.717) is 36.2 Å². The summed E-state index contributed by atoms with van der Waals surface area (Å²) in [5, 5.41) is 1.59. The Morgan fingerprint density at radius 2 is 1.28 bits per heavy atom. The maximum Gasteiger partial charge on any atom is 0.336 e. The second-order valence-electron chi connectivity index (χ2n) is 11.6. The summed E-state index contributed by atoms with van der Waals surface area (Å²) in [6, 6.07) is 42.7. The zero-order chi connectivity index (χ0) is 36.7. The Morgan fingerprint density at radius 1 is 0.566 bits per heavy atom. The lowest BCUT2D eigenvalue weighted by Gasteiger charge is -2.14. The Bertz CT molecular complexity index is 2430. The molecule has 0 spiro atoms. The number of benzene rings is 5. The number of hydrogen-bond acceptors (Lipinski definition) is 8. The Hall–Kier alpha value is -6.93. The molecule has 0 radical (unpaired) electrons. The van der Waals surface area contributed by atoms with Crippen LogP contribution in [-0.4, -0.2) is 19.0 Å². The Kier molecular flexibility index (Phi) is 12.4. The number of fused-ring (bicyclic) bond motifs is 5. The second-order valence-corrected chi connectivity index (χ2v) is 11.6. The van der Waals surface area contributed by atoms with Gasteiger partial charge in [0, 0.05) is 29.5 Å². The number of Topliss-reactive ketones (excluding diaryl/α,β-unsaturated/α-hetero) is 1. The summed E-state index contributed by atoms with van der Waals surface area (Å²) in [5.41, 5.74) is 4.15. The van der Waals surface area contributed by atoms with Gasteiger partial charge >= 0.3 is 5.63 Å². The van der Waals surface area contributed by atoms with Gasteiger partial charge in [0.2, 0.25) is 0 Å². The number of hydrogen-bond donors (Lipinski definition) is 0. The summed E-state index contributed by atoms with van der Waals surface area (Å²) in [4.78, 5) is 33.0. The van der Waals surface area contributed by atoms with E-state index in [1.807, 2.05) is 103 Å². The molecule has 0 bridgehead atoms. The Morgan fingerprint density at radius 3 is 2.09 bits per heavy atom. The minimum Gasteiger partial charge on any atom is -0.492 e. The van der Waals surface area contributed by atoms with Crippen molar-refractivity contribution in [2.75, 3.05) is 13.2 Å². The fourth-order valence-electron chi connectivity index (χ4n) is 5.40. The minimum atomic E-state index is -0.302. The standard InChI is InChI=1S/C9H8O2.2C9H6O2.2C9H8O/c2*10-8-5-6-11-9-4-2-1-3-7(8)9;10-9-6-5-7-3-1-2-4-8(7)11-9;2*1-2-6-9-8(4-1)5-3-7-10-9/h1-4H,5-6H2;2*1-6H;1-4,6-7H,5H2;1-6H,7H2. The first kappa shape index (κ1) is 35.9. The van der Waals surface area contributed by atoms with Crippen molar-refractivity contribution < 1.29 is 27.8 Å². The largest absolute Gasteiger partial charge is 0.492 e. The molecular weight excluding hydrogens is 668 g/mol. The van der Waals surface area contributed by atoms with Crippen LogP contribution in [0.1, 0.15) is 27.9 Å². The average Bonchev–Trinajstić information content (AvgIpc) is 3.22. The highest BCUT2D eigenvalue weighted by molar-refractivity contribution is 5.99. The molecule has 8 heteroatoms. The molecule has 0 saturated heterocycles. The van der Waals surface area contributed by atoms with Crippen LogP contribution in [0, 0.1) is 0 Å². The summed E-state index contributed by atoms with van der Waals surface area (Å²) in [7, 11) is 0. The van der Waals surface area contributed by atoms with E-state index in [1.165, 1.54) is 29.5 Å². The van der Waals surface area contributed by atoms with Crippen LogP contribution < -0.4 is 25.3 Å². The first-order valence-corrected chi connectivity index (χ1v) is 17.0. The van der Waals surface area contributed by atoms with Crippen LogP contribution in [-0.2, 0) is 6.42 Å². The van der Waals surface area contributed by atoms with Gasteiger partial charge in [0.1, 0.15) is 35.0 Å².